The lowest BCUT2D eigenvalue weighted by Gasteiger charge is -2.11. The molecule has 7 nitrogen and oxygen atoms in total. The largest absolute Gasteiger partial charge is 0.382 e. The second kappa shape index (κ2) is 7.80. The van der Waals surface area contributed by atoms with Crippen LogP contribution in [0, 0.1) is 11.6 Å². The molecule has 0 saturated heterocycles. The van der Waals surface area contributed by atoms with Crippen LogP contribution >= 0.6 is 0 Å². The Morgan fingerprint density at radius 1 is 1.00 bits per heavy atom. The number of halogens is 2. The number of rotatable bonds is 4. The second-order valence-corrected chi connectivity index (χ2v) is 6.63. The fourth-order valence-electron chi connectivity index (χ4n) is 3.21. The number of urea groups is 1. The van der Waals surface area contributed by atoms with E-state index in [9.17, 15) is 13.6 Å². The van der Waals surface area contributed by atoms with Crippen molar-refractivity contribution in [3.05, 3.63) is 71.8 Å². The Kier molecular flexibility index (Phi) is 5.03. The van der Waals surface area contributed by atoms with Crippen LogP contribution in [0.2, 0.25) is 0 Å². The van der Waals surface area contributed by atoms with Crippen LogP contribution in [0.4, 0.5) is 30.8 Å². The SMILES string of the molecule is NCc1ccc(F)c(NC(=O)Nc2ccc(-c3cccc4[nH]nc(N)c34)c(F)c2)c1. The zero-order valence-electron chi connectivity index (χ0n) is 15.7. The van der Waals surface area contributed by atoms with Gasteiger partial charge >= 0.3 is 6.03 Å². The number of nitrogens with one attached hydrogen (secondary N) is 3. The molecule has 9 heteroatoms. The van der Waals surface area contributed by atoms with Crippen molar-refractivity contribution >= 4 is 34.1 Å². The minimum Gasteiger partial charge on any atom is -0.382 e. The number of aromatic nitrogens is 2. The van der Waals surface area contributed by atoms with Gasteiger partial charge < -0.3 is 22.1 Å². The van der Waals surface area contributed by atoms with E-state index in [-0.39, 0.29) is 23.7 Å². The topological polar surface area (TPSA) is 122 Å². The summed E-state index contributed by atoms with van der Waals surface area (Å²) in [7, 11) is 0. The van der Waals surface area contributed by atoms with Gasteiger partial charge in [-0.1, -0.05) is 18.2 Å². The van der Waals surface area contributed by atoms with Crippen molar-refractivity contribution in [2.45, 2.75) is 6.54 Å². The summed E-state index contributed by atoms with van der Waals surface area (Å²) in [6.07, 6.45) is 0. The fraction of sp³-hybridized carbons (Fsp3) is 0.0476. The van der Waals surface area contributed by atoms with Crippen molar-refractivity contribution in [1.29, 1.82) is 0 Å². The van der Waals surface area contributed by atoms with E-state index in [0.29, 0.717) is 27.6 Å². The highest BCUT2D eigenvalue weighted by Crippen LogP contribution is 2.33. The van der Waals surface area contributed by atoms with E-state index in [0.717, 1.165) is 0 Å². The van der Waals surface area contributed by atoms with Crippen molar-refractivity contribution in [2.75, 3.05) is 16.4 Å². The van der Waals surface area contributed by atoms with Gasteiger partial charge in [0.1, 0.15) is 11.6 Å². The number of amides is 2. The Bertz CT molecular complexity index is 1250. The number of nitrogens with zero attached hydrogens (tertiary/aromatic N) is 1. The maximum atomic E-state index is 14.8. The number of hydrogen-bond donors (Lipinski definition) is 5. The van der Waals surface area contributed by atoms with Crippen LogP contribution < -0.4 is 22.1 Å². The molecule has 4 rings (SSSR count). The summed E-state index contributed by atoms with van der Waals surface area (Å²) in [6.45, 7) is 0.206. The first-order chi connectivity index (χ1) is 14.5. The van der Waals surface area contributed by atoms with Gasteiger partial charge in [0, 0.05) is 17.8 Å². The lowest BCUT2D eigenvalue weighted by molar-refractivity contribution is 0.262. The third kappa shape index (κ3) is 3.65. The average molecular weight is 408 g/mol. The van der Waals surface area contributed by atoms with Crippen LogP contribution in [0.25, 0.3) is 22.0 Å². The summed E-state index contributed by atoms with van der Waals surface area (Å²) < 4.78 is 28.7. The number of benzene rings is 3. The summed E-state index contributed by atoms with van der Waals surface area (Å²) in [5.41, 5.74) is 13.8. The molecule has 2 amide bonds. The number of anilines is 3. The minimum absolute atomic E-state index is 0.0188. The van der Waals surface area contributed by atoms with Gasteiger partial charge in [-0.05, 0) is 47.5 Å². The predicted octanol–water partition coefficient (Wildman–Crippen LogP) is 4.19. The first-order valence-electron chi connectivity index (χ1n) is 9.05. The lowest BCUT2D eigenvalue weighted by Crippen LogP contribution is -2.20. The summed E-state index contributed by atoms with van der Waals surface area (Å²) in [4.78, 5) is 12.2. The van der Waals surface area contributed by atoms with Crippen molar-refractivity contribution in [2.24, 2.45) is 5.73 Å². The van der Waals surface area contributed by atoms with Crippen LogP contribution in [0.15, 0.2) is 54.6 Å². The molecule has 0 bridgehead atoms. The molecular weight excluding hydrogens is 390 g/mol. The standard InChI is InChI=1S/C21H18F2N6O/c22-15-7-4-11(10-24)8-18(15)27-21(30)26-12-5-6-13(16(23)9-12)14-2-1-3-17-19(14)20(25)29-28-17/h1-9H,10,24H2,(H3,25,28,29)(H2,26,27,30). The molecule has 0 fully saturated rings. The third-order valence-electron chi connectivity index (χ3n) is 4.65. The smallest absolute Gasteiger partial charge is 0.323 e. The number of nitrogen functional groups attached to an aromatic ring is 1. The summed E-state index contributed by atoms with van der Waals surface area (Å²) in [6, 6.07) is 13.0. The number of aromatic amines is 1. The van der Waals surface area contributed by atoms with Gasteiger partial charge in [0.05, 0.1) is 16.6 Å². The van der Waals surface area contributed by atoms with E-state index < -0.39 is 17.7 Å². The molecule has 0 aliphatic carbocycles. The highest BCUT2D eigenvalue weighted by atomic mass is 19.1. The van der Waals surface area contributed by atoms with Crippen molar-refractivity contribution in [3.8, 4) is 11.1 Å². The number of hydrogen-bond acceptors (Lipinski definition) is 4. The molecule has 0 aliphatic rings. The molecule has 0 radical (unpaired) electrons. The third-order valence-corrected chi connectivity index (χ3v) is 4.65. The van der Waals surface area contributed by atoms with Gasteiger partial charge in [-0.25, -0.2) is 13.6 Å². The molecular formula is C21H18F2N6O. The molecule has 4 aromatic rings. The number of carbonyl (C=O) groups is 1. The van der Waals surface area contributed by atoms with Crippen LogP contribution in [-0.4, -0.2) is 16.2 Å². The van der Waals surface area contributed by atoms with Crippen LogP contribution in [0.5, 0.6) is 0 Å². The maximum absolute atomic E-state index is 14.8. The van der Waals surface area contributed by atoms with Crippen molar-refractivity contribution < 1.29 is 13.6 Å². The first-order valence-corrected chi connectivity index (χ1v) is 9.05. The molecule has 0 unspecified atom stereocenters. The van der Waals surface area contributed by atoms with E-state index >= 15 is 0 Å². The Labute approximate surface area is 170 Å². The average Bonchev–Trinajstić information content (AvgIpc) is 3.11. The van der Waals surface area contributed by atoms with Gasteiger partial charge in [0.15, 0.2) is 5.82 Å². The Morgan fingerprint density at radius 2 is 1.83 bits per heavy atom. The van der Waals surface area contributed by atoms with E-state index in [1.165, 1.54) is 30.3 Å². The van der Waals surface area contributed by atoms with Gasteiger partial charge in [-0.15, -0.1) is 0 Å². The van der Waals surface area contributed by atoms with Gasteiger partial charge in [0.25, 0.3) is 0 Å². The van der Waals surface area contributed by atoms with Gasteiger partial charge in [-0.2, -0.15) is 5.10 Å². The Morgan fingerprint density at radius 3 is 2.60 bits per heavy atom. The first kappa shape index (κ1) is 19.3. The van der Waals surface area contributed by atoms with Crippen LogP contribution in [0.3, 0.4) is 0 Å². The number of nitrogens with two attached hydrogens (primary N) is 2. The lowest BCUT2D eigenvalue weighted by atomic mass is 10.0. The molecule has 1 heterocycles. The molecule has 30 heavy (non-hydrogen) atoms. The fourth-order valence-corrected chi connectivity index (χ4v) is 3.21. The summed E-state index contributed by atoms with van der Waals surface area (Å²) in [5.74, 6) is -0.893. The van der Waals surface area contributed by atoms with Gasteiger partial charge in [0.2, 0.25) is 0 Å². The molecule has 3 aromatic carbocycles. The van der Waals surface area contributed by atoms with E-state index in [2.05, 4.69) is 20.8 Å². The molecule has 0 aliphatic heterocycles. The van der Waals surface area contributed by atoms with E-state index in [4.69, 9.17) is 11.5 Å². The molecule has 152 valence electrons. The van der Waals surface area contributed by atoms with Gasteiger partial charge in [-0.3, -0.25) is 5.10 Å². The molecule has 0 spiro atoms. The maximum Gasteiger partial charge on any atom is 0.323 e. The number of H-pyrrole nitrogens is 1. The molecule has 0 atom stereocenters. The number of fused-ring (bicyclic) bond motifs is 1. The predicted molar refractivity (Wildman–Crippen MR) is 113 cm³/mol. The highest BCUT2D eigenvalue weighted by Gasteiger charge is 2.14. The van der Waals surface area contributed by atoms with Crippen LogP contribution in [-0.2, 0) is 6.54 Å². The number of carbonyl (C=O) groups excluding carboxylic acids is 1. The molecule has 1 aromatic heterocycles. The normalized spacial score (nSPS) is 10.9. The Balaban J connectivity index is 1.56. The molecule has 0 saturated carbocycles. The summed E-state index contributed by atoms with van der Waals surface area (Å²) >= 11 is 0. The zero-order chi connectivity index (χ0) is 21.3. The van der Waals surface area contributed by atoms with E-state index in [1.807, 2.05) is 0 Å². The highest BCUT2D eigenvalue weighted by molar-refractivity contribution is 6.02. The second-order valence-electron chi connectivity index (χ2n) is 6.63. The quantitative estimate of drug-likeness (QED) is 0.347. The van der Waals surface area contributed by atoms with Crippen molar-refractivity contribution in [1.82, 2.24) is 10.2 Å². The van der Waals surface area contributed by atoms with E-state index in [1.54, 1.807) is 24.3 Å². The van der Waals surface area contributed by atoms with Crippen molar-refractivity contribution in [3.63, 3.8) is 0 Å². The minimum atomic E-state index is -0.712. The van der Waals surface area contributed by atoms with Crippen LogP contribution in [0.1, 0.15) is 5.56 Å². The monoisotopic (exact) mass is 408 g/mol. The molecule has 7 N–H and O–H groups in total. The summed E-state index contributed by atoms with van der Waals surface area (Å²) in [5, 5.41) is 12.2. The Hall–Kier alpha value is -3.98. The zero-order valence-corrected chi connectivity index (χ0v) is 15.7.